The Labute approximate surface area is 124 Å². The molecule has 0 saturated carbocycles. The SMILES string of the molecule is FC(F)Oc1cc(Cl)ncc1-c1cnn(C2CCNC2)c1. The molecule has 0 bridgehead atoms. The van der Waals surface area contributed by atoms with Crippen molar-refractivity contribution in [3.63, 3.8) is 0 Å². The average molecular weight is 315 g/mol. The number of halogens is 3. The fourth-order valence-corrected chi connectivity index (χ4v) is 2.51. The van der Waals surface area contributed by atoms with Gasteiger partial charge in [0.2, 0.25) is 0 Å². The van der Waals surface area contributed by atoms with Crippen molar-refractivity contribution in [3.8, 4) is 16.9 Å². The maximum Gasteiger partial charge on any atom is 0.387 e. The van der Waals surface area contributed by atoms with E-state index < -0.39 is 6.61 Å². The third-order valence-electron chi connectivity index (χ3n) is 3.37. The van der Waals surface area contributed by atoms with Crippen LogP contribution in [0.3, 0.4) is 0 Å². The highest BCUT2D eigenvalue weighted by Gasteiger charge is 2.19. The Kier molecular flexibility index (Phi) is 4.03. The molecule has 0 amide bonds. The molecule has 1 fully saturated rings. The molecule has 5 nitrogen and oxygen atoms in total. The summed E-state index contributed by atoms with van der Waals surface area (Å²) in [7, 11) is 0. The van der Waals surface area contributed by atoms with Crippen LogP contribution in [0.4, 0.5) is 8.78 Å². The summed E-state index contributed by atoms with van der Waals surface area (Å²) in [4.78, 5) is 3.92. The van der Waals surface area contributed by atoms with Crippen LogP contribution in [0.25, 0.3) is 11.1 Å². The van der Waals surface area contributed by atoms with Gasteiger partial charge in [0, 0.05) is 36.1 Å². The summed E-state index contributed by atoms with van der Waals surface area (Å²) in [6.07, 6.45) is 5.82. The molecule has 2 aromatic rings. The zero-order valence-corrected chi connectivity index (χ0v) is 11.7. The van der Waals surface area contributed by atoms with E-state index in [9.17, 15) is 8.78 Å². The van der Waals surface area contributed by atoms with Gasteiger partial charge in [-0.1, -0.05) is 11.6 Å². The standard InChI is InChI=1S/C13H13ClF2N4O/c14-12-3-11(21-13(15)16)10(6-18-12)8-4-19-20(7-8)9-1-2-17-5-9/h3-4,6-7,9,13,17H,1-2,5H2. The predicted octanol–water partition coefficient (Wildman–Crippen LogP) is 2.73. The van der Waals surface area contributed by atoms with E-state index in [0.717, 1.165) is 19.5 Å². The molecular weight excluding hydrogens is 302 g/mol. The lowest BCUT2D eigenvalue weighted by atomic mass is 10.1. The zero-order chi connectivity index (χ0) is 14.8. The second-order valence-corrected chi connectivity index (χ2v) is 5.12. The fraction of sp³-hybridized carbons (Fsp3) is 0.385. The maximum absolute atomic E-state index is 12.5. The molecule has 0 spiro atoms. The van der Waals surface area contributed by atoms with Gasteiger partial charge in [-0.15, -0.1) is 0 Å². The van der Waals surface area contributed by atoms with E-state index in [-0.39, 0.29) is 16.9 Å². The monoisotopic (exact) mass is 314 g/mol. The topological polar surface area (TPSA) is 52.0 Å². The van der Waals surface area contributed by atoms with Crippen LogP contribution < -0.4 is 10.1 Å². The Morgan fingerprint density at radius 3 is 3.00 bits per heavy atom. The van der Waals surface area contributed by atoms with Crippen LogP contribution in [0.1, 0.15) is 12.5 Å². The smallest absolute Gasteiger partial charge is 0.387 e. The summed E-state index contributed by atoms with van der Waals surface area (Å²) in [5.74, 6) is -0.00547. The van der Waals surface area contributed by atoms with E-state index in [2.05, 4.69) is 20.1 Å². The molecule has 0 radical (unpaired) electrons. The number of hydrogen-bond acceptors (Lipinski definition) is 4. The first-order chi connectivity index (χ1) is 10.1. The Hall–Kier alpha value is -1.73. The lowest BCUT2D eigenvalue weighted by Crippen LogP contribution is -2.13. The first kappa shape index (κ1) is 14.2. The van der Waals surface area contributed by atoms with Gasteiger partial charge >= 0.3 is 6.61 Å². The lowest BCUT2D eigenvalue weighted by Gasteiger charge is -2.10. The third kappa shape index (κ3) is 3.14. The number of ether oxygens (including phenoxy) is 1. The number of hydrogen-bond donors (Lipinski definition) is 1. The zero-order valence-electron chi connectivity index (χ0n) is 11.0. The Bertz CT molecular complexity index is 628. The minimum absolute atomic E-state index is 0.00547. The van der Waals surface area contributed by atoms with Crippen molar-refractivity contribution >= 4 is 11.6 Å². The molecule has 2 aromatic heterocycles. The van der Waals surface area contributed by atoms with E-state index in [4.69, 9.17) is 11.6 Å². The van der Waals surface area contributed by atoms with Crippen LogP contribution in [-0.4, -0.2) is 34.5 Å². The van der Waals surface area contributed by atoms with Gasteiger partial charge in [0.1, 0.15) is 10.9 Å². The molecule has 3 heterocycles. The van der Waals surface area contributed by atoms with Crippen molar-refractivity contribution in [2.24, 2.45) is 0 Å². The number of nitrogens with one attached hydrogen (secondary N) is 1. The highest BCUT2D eigenvalue weighted by atomic mass is 35.5. The van der Waals surface area contributed by atoms with Gasteiger partial charge in [-0.05, 0) is 13.0 Å². The minimum atomic E-state index is -2.92. The van der Waals surface area contributed by atoms with E-state index in [1.165, 1.54) is 12.3 Å². The Morgan fingerprint density at radius 1 is 1.43 bits per heavy atom. The van der Waals surface area contributed by atoms with Gasteiger partial charge in [0.25, 0.3) is 0 Å². The average Bonchev–Trinajstić information content (AvgIpc) is 3.09. The maximum atomic E-state index is 12.5. The summed E-state index contributed by atoms with van der Waals surface area (Å²) >= 11 is 5.73. The number of aromatic nitrogens is 3. The summed E-state index contributed by atoms with van der Waals surface area (Å²) in [6, 6.07) is 1.55. The summed E-state index contributed by atoms with van der Waals surface area (Å²) in [5, 5.41) is 7.64. The summed E-state index contributed by atoms with van der Waals surface area (Å²) < 4.78 is 31.3. The highest BCUT2D eigenvalue weighted by molar-refractivity contribution is 6.29. The quantitative estimate of drug-likeness (QED) is 0.882. The molecule has 21 heavy (non-hydrogen) atoms. The van der Waals surface area contributed by atoms with Crippen molar-refractivity contribution in [2.75, 3.05) is 13.1 Å². The second kappa shape index (κ2) is 5.95. The first-order valence-corrected chi connectivity index (χ1v) is 6.87. The molecule has 1 aliphatic rings. The van der Waals surface area contributed by atoms with Crippen LogP contribution in [0, 0.1) is 0 Å². The molecule has 1 N–H and O–H groups in total. The lowest BCUT2D eigenvalue weighted by molar-refractivity contribution is -0.0494. The first-order valence-electron chi connectivity index (χ1n) is 6.49. The van der Waals surface area contributed by atoms with Crippen LogP contribution >= 0.6 is 11.6 Å². The molecule has 1 saturated heterocycles. The van der Waals surface area contributed by atoms with Crippen molar-refractivity contribution in [2.45, 2.75) is 19.1 Å². The van der Waals surface area contributed by atoms with Gasteiger partial charge in [-0.3, -0.25) is 4.68 Å². The van der Waals surface area contributed by atoms with Crippen molar-refractivity contribution < 1.29 is 13.5 Å². The van der Waals surface area contributed by atoms with Crippen LogP contribution in [0.15, 0.2) is 24.7 Å². The van der Waals surface area contributed by atoms with Crippen molar-refractivity contribution in [1.29, 1.82) is 0 Å². The summed E-state index contributed by atoms with van der Waals surface area (Å²) in [5.41, 5.74) is 1.11. The van der Waals surface area contributed by atoms with E-state index in [1.54, 1.807) is 12.4 Å². The largest absolute Gasteiger partial charge is 0.434 e. The van der Waals surface area contributed by atoms with Crippen LogP contribution in [0.2, 0.25) is 5.15 Å². The number of nitrogens with zero attached hydrogens (tertiary/aromatic N) is 3. The second-order valence-electron chi connectivity index (χ2n) is 4.74. The number of alkyl halides is 2. The van der Waals surface area contributed by atoms with Gasteiger partial charge in [-0.2, -0.15) is 13.9 Å². The van der Waals surface area contributed by atoms with Crippen LogP contribution in [0.5, 0.6) is 5.75 Å². The van der Waals surface area contributed by atoms with Gasteiger partial charge < -0.3 is 10.1 Å². The molecule has 0 aliphatic carbocycles. The van der Waals surface area contributed by atoms with Crippen molar-refractivity contribution in [1.82, 2.24) is 20.1 Å². The van der Waals surface area contributed by atoms with E-state index in [1.807, 2.05) is 4.68 Å². The van der Waals surface area contributed by atoms with Crippen molar-refractivity contribution in [3.05, 3.63) is 29.8 Å². The highest BCUT2D eigenvalue weighted by Crippen LogP contribution is 2.32. The van der Waals surface area contributed by atoms with E-state index in [0.29, 0.717) is 11.1 Å². The molecule has 0 aromatic carbocycles. The van der Waals surface area contributed by atoms with Gasteiger partial charge in [0.15, 0.2) is 0 Å². The molecule has 1 atom stereocenters. The molecule has 1 unspecified atom stereocenters. The number of rotatable bonds is 4. The molecular formula is C13H13ClF2N4O. The van der Waals surface area contributed by atoms with Gasteiger partial charge in [0.05, 0.1) is 12.2 Å². The summed E-state index contributed by atoms with van der Waals surface area (Å²) in [6.45, 7) is -1.13. The Morgan fingerprint density at radius 2 is 2.29 bits per heavy atom. The van der Waals surface area contributed by atoms with E-state index >= 15 is 0 Å². The molecule has 3 rings (SSSR count). The fourth-order valence-electron chi connectivity index (χ4n) is 2.37. The molecule has 8 heteroatoms. The predicted molar refractivity (Wildman–Crippen MR) is 73.6 cm³/mol. The molecule has 1 aliphatic heterocycles. The number of pyridine rings is 1. The minimum Gasteiger partial charge on any atom is -0.434 e. The van der Waals surface area contributed by atoms with Gasteiger partial charge in [-0.25, -0.2) is 4.98 Å². The van der Waals surface area contributed by atoms with Crippen LogP contribution in [-0.2, 0) is 0 Å². The third-order valence-corrected chi connectivity index (χ3v) is 3.58. The molecule has 112 valence electrons. The normalized spacial score (nSPS) is 18.4. The Balaban J connectivity index is 1.92.